The van der Waals surface area contributed by atoms with Crippen molar-refractivity contribution in [1.29, 1.82) is 0 Å². The van der Waals surface area contributed by atoms with E-state index in [2.05, 4.69) is 5.32 Å². The number of halogens is 1. The molecule has 0 aliphatic rings. The molecule has 0 radical (unpaired) electrons. The van der Waals surface area contributed by atoms with E-state index >= 15 is 0 Å². The monoisotopic (exact) mass is 417 g/mol. The largest absolute Gasteiger partial charge is 0.484 e. The van der Waals surface area contributed by atoms with E-state index in [0.717, 1.165) is 0 Å². The summed E-state index contributed by atoms with van der Waals surface area (Å²) >= 11 is 0. The Kier molecular flexibility index (Phi) is 7.10. The molecule has 0 heterocycles. The van der Waals surface area contributed by atoms with Gasteiger partial charge in [-0.2, -0.15) is 0 Å². The zero-order valence-corrected chi connectivity index (χ0v) is 17.3. The predicted octanol–water partition coefficient (Wildman–Crippen LogP) is 3.69. The fourth-order valence-electron chi connectivity index (χ4n) is 2.72. The van der Waals surface area contributed by atoms with E-state index in [4.69, 9.17) is 4.74 Å². The van der Waals surface area contributed by atoms with Gasteiger partial charge in [-0.3, -0.25) is 19.7 Å². The van der Waals surface area contributed by atoms with Crippen molar-refractivity contribution in [1.82, 2.24) is 4.90 Å². The molecule has 0 spiro atoms. The molecule has 0 aliphatic carbocycles. The van der Waals surface area contributed by atoms with Crippen molar-refractivity contribution >= 4 is 23.2 Å². The van der Waals surface area contributed by atoms with E-state index in [9.17, 15) is 24.1 Å². The van der Waals surface area contributed by atoms with Crippen LogP contribution in [0, 0.1) is 22.9 Å². The van der Waals surface area contributed by atoms with Crippen LogP contribution in [-0.2, 0) is 9.59 Å². The van der Waals surface area contributed by atoms with Crippen LogP contribution in [0.25, 0.3) is 0 Å². The maximum atomic E-state index is 13.0. The molecule has 0 atom stereocenters. The number of nitro groups is 1. The van der Waals surface area contributed by atoms with Gasteiger partial charge in [0, 0.05) is 22.9 Å². The van der Waals surface area contributed by atoms with Gasteiger partial charge in [0.2, 0.25) is 5.91 Å². The topological polar surface area (TPSA) is 102 Å². The minimum Gasteiger partial charge on any atom is -0.484 e. The van der Waals surface area contributed by atoms with Crippen LogP contribution in [0.2, 0.25) is 0 Å². The molecular weight excluding hydrogens is 393 g/mol. The molecule has 160 valence electrons. The number of carbonyl (C=O) groups excluding carboxylic acids is 2. The number of rotatable bonds is 7. The summed E-state index contributed by atoms with van der Waals surface area (Å²) in [6.45, 7) is 6.37. The number of nitrogens with zero attached hydrogens (tertiary/aromatic N) is 2. The summed E-state index contributed by atoms with van der Waals surface area (Å²) in [7, 11) is 0. The van der Waals surface area contributed by atoms with Gasteiger partial charge in [0.25, 0.3) is 11.6 Å². The second-order valence-corrected chi connectivity index (χ2v) is 7.70. The predicted molar refractivity (Wildman–Crippen MR) is 110 cm³/mol. The standard InChI is InChI=1S/C21H24FN3O5/c1-14-11-17(9-10-18(14)25(28)29)30-13-20(27)24(21(2,3)4)12-19(26)23-16-7-5-15(22)6-8-16/h5-11H,12-13H2,1-4H3,(H,23,26). The molecule has 8 nitrogen and oxygen atoms in total. The third kappa shape index (κ3) is 6.26. The minimum atomic E-state index is -0.661. The van der Waals surface area contributed by atoms with Crippen LogP contribution < -0.4 is 10.1 Å². The number of benzene rings is 2. The zero-order valence-electron chi connectivity index (χ0n) is 17.3. The first-order valence-corrected chi connectivity index (χ1v) is 9.21. The van der Waals surface area contributed by atoms with Crippen molar-refractivity contribution in [2.75, 3.05) is 18.5 Å². The van der Waals surface area contributed by atoms with E-state index in [-0.39, 0.29) is 18.8 Å². The second-order valence-electron chi connectivity index (χ2n) is 7.70. The lowest BCUT2D eigenvalue weighted by molar-refractivity contribution is -0.385. The van der Waals surface area contributed by atoms with Crippen LogP contribution >= 0.6 is 0 Å². The van der Waals surface area contributed by atoms with Gasteiger partial charge >= 0.3 is 0 Å². The SMILES string of the molecule is Cc1cc(OCC(=O)N(CC(=O)Nc2ccc(F)cc2)C(C)(C)C)ccc1[N+](=O)[O-]. The Bertz CT molecular complexity index is 939. The summed E-state index contributed by atoms with van der Waals surface area (Å²) in [5.74, 6) is -0.960. The molecule has 0 fully saturated rings. The maximum absolute atomic E-state index is 13.0. The molecule has 0 unspecified atom stereocenters. The van der Waals surface area contributed by atoms with Crippen LogP contribution in [0.3, 0.4) is 0 Å². The van der Waals surface area contributed by atoms with Crippen molar-refractivity contribution in [2.45, 2.75) is 33.2 Å². The van der Waals surface area contributed by atoms with E-state index in [1.54, 1.807) is 27.7 Å². The van der Waals surface area contributed by atoms with Crippen molar-refractivity contribution in [3.05, 3.63) is 64.0 Å². The minimum absolute atomic E-state index is 0.0394. The molecule has 2 rings (SSSR count). The van der Waals surface area contributed by atoms with E-state index < -0.39 is 28.1 Å². The Labute approximate surface area is 173 Å². The number of aryl methyl sites for hydroxylation is 1. The van der Waals surface area contributed by atoms with Gasteiger partial charge in [-0.25, -0.2) is 4.39 Å². The Balaban J connectivity index is 2.03. The Morgan fingerprint density at radius 3 is 2.33 bits per heavy atom. The number of hydrogen-bond donors (Lipinski definition) is 1. The van der Waals surface area contributed by atoms with E-state index in [1.807, 2.05) is 0 Å². The van der Waals surface area contributed by atoms with Crippen LogP contribution in [-0.4, -0.2) is 40.3 Å². The van der Waals surface area contributed by atoms with E-state index in [0.29, 0.717) is 17.0 Å². The quantitative estimate of drug-likeness (QED) is 0.547. The molecule has 1 N–H and O–H groups in total. The lowest BCUT2D eigenvalue weighted by Gasteiger charge is -2.35. The highest BCUT2D eigenvalue weighted by molar-refractivity contribution is 5.94. The molecule has 30 heavy (non-hydrogen) atoms. The number of nitro benzene ring substituents is 1. The number of ether oxygens (including phenoxy) is 1. The molecule has 9 heteroatoms. The van der Waals surface area contributed by atoms with Gasteiger partial charge in [-0.15, -0.1) is 0 Å². The van der Waals surface area contributed by atoms with Crippen LogP contribution in [0.4, 0.5) is 15.8 Å². The van der Waals surface area contributed by atoms with Crippen LogP contribution in [0.15, 0.2) is 42.5 Å². The van der Waals surface area contributed by atoms with Gasteiger partial charge in [0.15, 0.2) is 6.61 Å². The first-order valence-electron chi connectivity index (χ1n) is 9.21. The molecular formula is C21H24FN3O5. The van der Waals surface area contributed by atoms with Gasteiger partial charge < -0.3 is 15.0 Å². The highest BCUT2D eigenvalue weighted by Crippen LogP contribution is 2.23. The second kappa shape index (κ2) is 9.34. The summed E-state index contributed by atoms with van der Waals surface area (Å²) in [4.78, 5) is 36.9. The van der Waals surface area contributed by atoms with Crippen LogP contribution in [0.5, 0.6) is 5.75 Å². The Hall–Kier alpha value is -3.49. The molecule has 0 aliphatic heterocycles. The fourth-order valence-corrected chi connectivity index (χ4v) is 2.72. The number of nitrogens with one attached hydrogen (secondary N) is 1. The van der Waals surface area contributed by atoms with E-state index in [1.165, 1.54) is 47.4 Å². The van der Waals surface area contributed by atoms with Crippen molar-refractivity contribution in [3.8, 4) is 5.75 Å². The maximum Gasteiger partial charge on any atom is 0.272 e. The third-order valence-corrected chi connectivity index (χ3v) is 4.27. The molecule has 0 aromatic heterocycles. The smallest absolute Gasteiger partial charge is 0.272 e. The first kappa shape index (κ1) is 22.8. The highest BCUT2D eigenvalue weighted by Gasteiger charge is 2.29. The molecule has 0 bridgehead atoms. The number of carbonyl (C=O) groups is 2. The Morgan fingerprint density at radius 1 is 1.17 bits per heavy atom. The summed E-state index contributed by atoms with van der Waals surface area (Å²) in [6, 6.07) is 9.51. The van der Waals surface area contributed by atoms with Crippen LogP contribution in [0.1, 0.15) is 26.3 Å². The van der Waals surface area contributed by atoms with Gasteiger partial charge in [0.05, 0.1) is 4.92 Å². The lowest BCUT2D eigenvalue weighted by Crippen LogP contribution is -2.51. The average molecular weight is 417 g/mol. The first-order chi connectivity index (χ1) is 14.0. The summed E-state index contributed by atoms with van der Waals surface area (Å²) < 4.78 is 18.5. The molecule has 2 amide bonds. The number of anilines is 1. The molecule has 0 saturated carbocycles. The van der Waals surface area contributed by atoms with Crippen molar-refractivity contribution in [2.24, 2.45) is 0 Å². The zero-order chi connectivity index (χ0) is 22.5. The number of hydrogen-bond acceptors (Lipinski definition) is 5. The van der Waals surface area contributed by atoms with Crippen molar-refractivity contribution < 1.29 is 23.6 Å². The summed E-state index contributed by atoms with van der Waals surface area (Å²) in [6.07, 6.45) is 0. The summed E-state index contributed by atoms with van der Waals surface area (Å²) in [5.41, 5.74) is 0.130. The fraction of sp³-hybridized carbons (Fsp3) is 0.333. The summed E-state index contributed by atoms with van der Waals surface area (Å²) in [5, 5.41) is 13.5. The molecule has 0 saturated heterocycles. The third-order valence-electron chi connectivity index (χ3n) is 4.27. The van der Waals surface area contributed by atoms with Gasteiger partial charge in [-0.05, 0) is 64.1 Å². The highest BCUT2D eigenvalue weighted by atomic mass is 19.1. The molecule has 2 aromatic carbocycles. The number of amides is 2. The van der Waals surface area contributed by atoms with Gasteiger partial charge in [-0.1, -0.05) is 0 Å². The van der Waals surface area contributed by atoms with Gasteiger partial charge in [0.1, 0.15) is 18.1 Å². The van der Waals surface area contributed by atoms with Crippen molar-refractivity contribution in [3.63, 3.8) is 0 Å². The molecule has 2 aromatic rings. The Morgan fingerprint density at radius 2 is 1.80 bits per heavy atom. The lowest BCUT2D eigenvalue weighted by atomic mass is 10.1. The average Bonchev–Trinajstić information content (AvgIpc) is 2.65. The normalized spacial score (nSPS) is 11.0.